The summed E-state index contributed by atoms with van der Waals surface area (Å²) in [4.78, 5) is 11.6. The summed E-state index contributed by atoms with van der Waals surface area (Å²) in [5, 5.41) is 1.04. The Morgan fingerprint density at radius 1 is 1.12 bits per heavy atom. The monoisotopic (exact) mass is 362 g/mol. The molecule has 2 rings (SSSR count). The molecule has 2 aromatic carbocycles. The summed E-state index contributed by atoms with van der Waals surface area (Å²) < 4.78 is 39.3. The number of carbonyl (C=O) groups is 1. The molecule has 2 aromatic rings. The normalized spacial score (nSPS) is 13.0. The van der Waals surface area contributed by atoms with Crippen molar-refractivity contribution in [1.29, 1.82) is 0 Å². The van der Waals surface area contributed by atoms with E-state index in [1.54, 1.807) is 24.3 Å². The first-order valence-corrected chi connectivity index (χ1v) is 9.17. The molecule has 3 N–H and O–H groups in total. The lowest BCUT2D eigenvalue weighted by Crippen LogP contribution is -2.36. The van der Waals surface area contributed by atoms with Crippen molar-refractivity contribution < 1.29 is 17.6 Å². The van der Waals surface area contributed by atoms with Crippen molar-refractivity contribution in [3.8, 4) is 0 Å². The Balaban J connectivity index is 1.98. The highest BCUT2D eigenvalue weighted by atomic mass is 32.2. The van der Waals surface area contributed by atoms with E-state index in [2.05, 4.69) is 4.72 Å². The molecule has 5 nitrogen and oxygen atoms in total. The molecule has 0 radical (unpaired) electrons. The molecule has 7 heteroatoms. The fraction of sp³-hybridized carbons (Fsp3) is 0.167. The van der Waals surface area contributed by atoms with Crippen LogP contribution in [0.25, 0.3) is 6.08 Å². The zero-order valence-corrected chi connectivity index (χ0v) is 14.2. The molecule has 132 valence electrons. The molecule has 0 heterocycles. The van der Waals surface area contributed by atoms with Crippen molar-refractivity contribution in [2.45, 2.75) is 6.42 Å². The second kappa shape index (κ2) is 8.55. The van der Waals surface area contributed by atoms with Gasteiger partial charge >= 0.3 is 0 Å². The van der Waals surface area contributed by atoms with E-state index in [0.29, 0.717) is 5.56 Å². The van der Waals surface area contributed by atoms with Crippen molar-refractivity contribution in [1.82, 2.24) is 4.72 Å². The molecular formula is C18H19FN2O3S. The predicted octanol–water partition coefficient (Wildman–Crippen LogP) is 2.06. The Bertz CT molecular complexity index is 834. The van der Waals surface area contributed by atoms with Crippen LogP contribution in [0.5, 0.6) is 0 Å². The van der Waals surface area contributed by atoms with E-state index in [4.69, 9.17) is 5.73 Å². The quantitative estimate of drug-likeness (QED) is 0.753. The molecule has 0 fully saturated rings. The van der Waals surface area contributed by atoms with Gasteiger partial charge in [0.15, 0.2) is 0 Å². The molecule has 0 spiro atoms. The molecule has 0 aliphatic carbocycles. The molecule has 0 aliphatic rings. The second-order valence-corrected chi connectivity index (χ2v) is 7.19. The Hall–Kier alpha value is -2.51. The zero-order chi connectivity index (χ0) is 18.3. The van der Waals surface area contributed by atoms with Gasteiger partial charge in [0.1, 0.15) is 5.82 Å². The zero-order valence-electron chi connectivity index (χ0n) is 13.4. The Morgan fingerprint density at radius 3 is 2.36 bits per heavy atom. The fourth-order valence-electron chi connectivity index (χ4n) is 2.18. The van der Waals surface area contributed by atoms with Gasteiger partial charge in [-0.25, -0.2) is 17.5 Å². The number of nitrogens with two attached hydrogens (primary N) is 1. The minimum atomic E-state index is -3.71. The van der Waals surface area contributed by atoms with Crippen LogP contribution in [0.3, 0.4) is 0 Å². The molecule has 0 aromatic heterocycles. The summed E-state index contributed by atoms with van der Waals surface area (Å²) in [7, 11) is -3.71. The molecule has 25 heavy (non-hydrogen) atoms. The molecule has 0 aliphatic heterocycles. The van der Waals surface area contributed by atoms with Crippen LogP contribution in [0, 0.1) is 11.7 Å². The van der Waals surface area contributed by atoms with Gasteiger partial charge in [0.05, 0.1) is 5.92 Å². The van der Waals surface area contributed by atoms with E-state index in [1.165, 1.54) is 30.3 Å². The minimum absolute atomic E-state index is 0.131. The maximum atomic E-state index is 12.9. The number of sulfonamides is 1. The van der Waals surface area contributed by atoms with Crippen LogP contribution in [0.15, 0.2) is 60.0 Å². The number of hydrogen-bond acceptors (Lipinski definition) is 3. The molecule has 1 unspecified atom stereocenters. The number of halogens is 1. The van der Waals surface area contributed by atoms with Gasteiger partial charge in [-0.2, -0.15) is 0 Å². The first-order chi connectivity index (χ1) is 11.9. The van der Waals surface area contributed by atoms with E-state index in [0.717, 1.165) is 11.0 Å². The molecule has 0 bridgehead atoms. The number of primary amides is 1. The first-order valence-electron chi connectivity index (χ1n) is 7.62. The number of hydrogen-bond donors (Lipinski definition) is 2. The average molecular weight is 362 g/mol. The van der Waals surface area contributed by atoms with Gasteiger partial charge < -0.3 is 5.73 Å². The van der Waals surface area contributed by atoms with E-state index in [1.807, 2.05) is 6.07 Å². The lowest BCUT2D eigenvalue weighted by molar-refractivity contribution is -0.121. The standard InChI is InChI=1S/C18H19FN2O3S/c19-17-8-6-15(7-9-17)12-16(18(20)22)13-21-25(23,24)11-10-14-4-2-1-3-5-14/h1-11,16,21H,12-13H2,(H2,20,22). The van der Waals surface area contributed by atoms with E-state index >= 15 is 0 Å². The third-order valence-corrected chi connectivity index (χ3v) is 4.63. The van der Waals surface area contributed by atoms with Crippen molar-refractivity contribution >= 4 is 22.0 Å². The van der Waals surface area contributed by atoms with Crippen molar-refractivity contribution in [2.75, 3.05) is 6.54 Å². The molecular weight excluding hydrogens is 343 g/mol. The lowest BCUT2D eigenvalue weighted by atomic mass is 9.99. The molecule has 0 saturated heterocycles. The van der Waals surface area contributed by atoms with Gasteiger partial charge in [-0.1, -0.05) is 42.5 Å². The van der Waals surface area contributed by atoms with Crippen LogP contribution in [0.1, 0.15) is 11.1 Å². The average Bonchev–Trinajstić information content (AvgIpc) is 2.59. The topological polar surface area (TPSA) is 89.3 Å². The van der Waals surface area contributed by atoms with Gasteiger partial charge in [-0.05, 0) is 35.8 Å². The lowest BCUT2D eigenvalue weighted by Gasteiger charge is -2.13. The summed E-state index contributed by atoms with van der Waals surface area (Å²) in [6, 6.07) is 14.6. The van der Waals surface area contributed by atoms with Crippen LogP contribution in [0.2, 0.25) is 0 Å². The maximum Gasteiger partial charge on any atom is 0.233 e. The van der Waals surface area contributed by atoms with Gasteiger partial charge in [-0.15, -0.1) is 0 Å². The summed E-state index contributed by atoms with van der Waals surface area (Å²) >= 11 is 0. The van der Waals surface area contributed by atoms with E-state index in [-0.39, 0.29) is 18.8 Å². The van der Waals surface area contributed by atoms with Crippen LogP contribution >= 0.6 is 0 Å². The third-order valence-electron chi connectivity index (χ3n) is 3.57. The SMILES string of the molecule is NC(=O)C(CNS(=O)(=O)C=Cc1ccccc1)Cc1ccc(F)cc1. The number of nitrogens with one attached hydrogen (secondary N) is 1. The molecule has 1 atom stereocenters. The van der Waals surface area contributed by atoms with Crippen LogP contribution in [-0.2, 0) is 21.2 Å². The van der Waals surface area contributed by atoms with Crippen molar-refractivity contribution in [3.63, 3.8) is 0 Å². The first kappa shape index (κ1) is 18.8. The van der Waals surface area contributed by atoms with Crippen LogP contribution in [-0.4, -0.2) is 20.9 Å². The summed E-state index contributed by atoms with van der Waals surface area (Å²) in [6.45, 7) is -0.131. The number of carbonyl (C=O) groups excluding carboxylic acids is 1. The summed E-state index contributed by atoms with van der Waals surface area (Å²) in [5.74, 6) is -1.74. The fourth-order valence-corrected chi connectivity index (χ4v) is 3.04. The van der Waals surface area contributed by atoms with Crippen LogP contribution < -0.4 is 10.5 Å². The highest BCUT2D eigenvalue weighted by Crippen LogP contribution is 2.10. The highest BCUT2D eigenvalue weighted by molar-refractivity contribution is 7.92. The van der Waals surface area contributed by atoms with Gasteiger partial charge in [-0.3, -0.25) is 4.79 Å². The number of amides is 1. The predicted molar refractivity (Wildman–Crippen MR) is 95.2 cm³/mol. The van der Waals surface area contributed by atoms with E-state index in [9.17, 15) is 17.6 Å². The second-order valence-electron chi connectivity index (χ2n) is 5.54. The smallest absolute Gasteiger partial charge is 0.233 e. The van der Waals surface area contributed by atoms with Crippen molar-refractivity contribution in [3.05, 3.63) is 76.9 Å². The number of benzene rings is 2. The Morgan fingerprint density at radius 2 is 1.76 bits per heavy atom. The third kappa shape index (κ3) is 6.48. The van der Waals surface area contributed by atoms with Crippen molar-refractivity contribution in [2.24, 2.45) is 11.7 Å². The van der Waals surface area contributed by atoms with Gasteiger partial charge in [0, 0.05) is 12.0 Å². The molecule has 0 saturated carbocycles. The Kier molecular flexibility index (Phi) is 6.44. The highest BCUT2D eigenvalue weighted by Gasteiger charge is 2.18. The van der Waals surface area contributed by atoms with E-state index < -0.39 is 21.8 Å². The van der Waals surface area contributed by atoms with Crippen LogP contribution in [0.4, 0.5) is 4.39 Å². The minimum Gasteiger partial charge on any atom is -0.369 e. The number of rotatable bonds is 8. The van der Waals surface area contributed by atoms with Gasteiger partial charge in [0.2, 0.25) is 15.9 Å². The van der Waals surface area contributed by atoms with Gasteiger partial charge in [0.25, 0.3) is 0 Å². The molecule has 1 amide bonds. The Labute approximate surface area is 146 Å². The maximum absolute atomic E-state index is 12.9. The summed E-state index contributed by atoms with van der Waals surface area (Å²) in [5.41, 5.74) is 6.78. The largest absolute Gasteiger partial charge is 0.369 e. The summed E-state index contributed by atoms with van der Waals surface area (Å²) in [6.07, 6.45) is 1.68.